The maximum atomic E-state index is 13.1. The molecular formula is C14H13F4N3O2. The van der Waals surface area contributed by atoms with Gasteiger partial charge in [0.05, 0.1) is 17.6 Å². The van der Waals surface area contributed by atoms with E-state index < -0.39 is 17.6 Å². The van der Waals surface area contributed by atoms with E-state index in [4.69, 9.17) is 15.0 Å². The van der Waals surface area contributed by atoms with Crippen LogP contribution in [0.3, 0.4) is 0 Å². The predicted molar refractivity (Wildman–Crippen MR) is 70.8 cm³/mol. The SMILES string of the molecule is NCC1OCCC1c1nc(-c2ccc(F)cc2C(F)(F)F)no1. The van der Waals surface area contributed by atoms with E-state index in [1.54, 1.807) is 0 Å². The van der Waals surface area contributed by atoms with Crippen LogP contribution in [0.15, 0.2) is 22.7 Å². The van der Waals surface area contributed by atoms with Gasteiger partial charge in [-0.25, -0.2) is 4.39 Å². The van der Waals surface area contributed by atoms with Crippen molar-refractivity contribution >= 4 is 0 Å². The molecule has 124 valence electrons. The Morgan fingerprint density at radius 1 is 1.30 bits per heavy atom. The largest absolute Gasteiger partial charge is 0.417 e. The lowest BCUT2D eigenvalue weighted by Crippen LogP contribution is -2.24. The van der Waals surface area contributed by atoms with Gasteiger partial charge in [0.25, 0.3) is 0 Å². The second-order valence-electron chi connectivity index (χ2n) is 5.18. The van der Waals surface area contributed by atoms with Gasteiger partial charge in [0.2, 0.25) is 11.7 Å². The first-order valence-electron chi connectivity index (χ1n) is 6.92. The van der Waals surface area contributed by atoms with Crippen molar-refractivity contribution in [1.29, 1.82) is 0 Å². The van der Waals surface area contributed by atoms with Gasteiger partial charge in [-0.3, -0.25) is 0 Å². The fraction of sp³-hybridized carbons (Fsp3) is 0.429. The normalized spacial score (nSPS) is 21.8. The van der Waals surface area contributed by atoms with Crippen molar-refractivity contribution in [3.8, 4) is 11.4 Å². The zero-order valence-electron chi connectivity index (χ0n) is 11.8. The first-order chi connectivity index (χ1) is 10.9. The Labute approximate surface area is 128 Å². The number of benzene rings is 1. The molecule has 2 unspecified atom stereocenters. The molecule has 2 aromatic rings. The zero-order chi connectivity index (χ0) is 16.6. The van der Waals surface area contributed by atoms with Crippen molar-refractivity contribution in [2.45, 2.75) is 24.6 Å². The van der Waals surface area contributed by atoms with Crippen molar-refractivity contribution < 1.29 is 26.8 Å². The van der Waals surface area contributed by atoms with Gasteiger partial charge < -0.3 is 15.0 Å². The van der Waals surface area contributed by atoms with E-state index in [2.05, 4.69) is 10.1 Å². The summed E-state index contributed by atoms with van der Waals surface area (Å²) >= 11 is 0. The van der Waals surface area contributed by atoms with Gasteiger partial charge in [-0.05, 0) is 24.6 Å². The average Bonchev–Trinajstić information content (AvgIpc) is 3.14. The Kier molecular flexibility index (Phi) is 4.07. The summed E-state index contributed by atoms with van der Waals surface area (Å²) in [7, 11) is 0. The van der Waals surface area contributed by atoms with Crippen molar-refractivity contribution in [1.82, 2.24) is 10.1 Å². The number of aromatic nitrogens is 2. The van der Waals surface area contributed by atoms with Crippen LogP contribution in [0.1, 0.15) is 23.8 Å². The lowest BCUT2D eigenvalue weighted by atomic mass is 10.0. The van der Waals surface area contributed by atoms with Crippen LogP contribution in [0.25, 0.3) is 11.4 Å². The summed E-state index contributed by atoms with van der Waals surface area (Å²) in [6.07, 6.45) is -4.44. The van der Waals surface area contributed by atoms with E-state index in [1.807, 2.05) is 0 Å². The Bertz CT molecular complexity index is 702. The van der Waals surface area contributed by atoms with Crippen LogP contribution >= 0.6 is 0 Å². The van der Waals surface area contributed by atoms with Crippen LogP contribution in [-0.2, 0) is 10.9 Å². The molecule has 0 aliphatic carbocycles. The van der Waals surface area contributed by atoms with Crippen molar-refractivity contribution in [3.05, 3.63) is 35.5 Å². The lowest BCUT2D eigenvalue weighted by Gasteiger charge is -2.12. The third-order valence-electron chi connectivity index (χ3n) is 3.73. The maximum Gasteiger partial charge on any atom is 0.417 e. The molecule has 5 nitrogen and oxygen atoms in total. The van der Waals surface area contributed by atoms with Crippen LogP contribution in [0, 0.1) is 5.82 Å². The smallest absolute Gasteiger partial charge is 0.376 e. The number of hydrogen-bond acceptors (Lipinski definition) is 5. The summed E-state index contributed by atoms with van der Waals surface area (Å²) in [5.74, 6) is -1.31. The molecule has 1 aromatic heterocycles. The molecule has 0 radical (unpaired) electrons. The molecule has 0 spiro atoms. The quantitative estimate of drug-likeness (QED) is 0.876. The van der Waals surface area contributed by atoms with Gasteiger partial charge >= 0.3 is 6.18 Å². The topological polar surface area (TPSA) is 74.2 Å². The third kappa shape index (κ3) is 3.06. The standard InChI is InChI=1S/C14H13F4N3O2/c15-7-1-2-8(10(5-7)14(16,17)18)12-20-13(23-21-12)9-3-4-22-11(9)6-19/h1-2,5,9,11H,3-4,6,19H2. The first kappa shape index (κ1) is 15.9. The second-order valence-corrected chi connectivity index (χ2v) is 5.18. The van der Waals surface area contributed by atoms with Gasteiger partial charge in [-0.1, -0.05) is 5.16 Å². The molecule has 1 aliphatic heterocycles. The average molecular weight is 331 g/mol. The lowest BCUT2D eigenvalue weighted by molar-refractivity contribution is -0.137. The highest BCUT2D eigenvalue weighted by Crippen LogP contribution is 2.37. The highest BCUT2D eigenvalue weighted by molar-refractivity contribution is 5.60. The predicted octanol–water partition coefficient (Wildman–Crippen LogP) is 2.73. The summed E-state index contributed by atoms with van der Waals surface area (Å²) in [6.45, 7) is 0.710. The van der Waals surface area contributed by atoms with E-state index in [0.717, 1.165) is 12.1 Å². The van der Waals surface area contributed by atoms with E-state index >= 15 is 0 Å². The van der Waals surface area contributed by atoms with Crippen molar-refractivity contribution in [2.75, 3.05) is 13.2 Å². The van der Waals surface area contributed by atoms with Crippen LogP contribution in [0.5, 0.6) is 0 Å². The van der Waals surface area contributed by atoms with Gasteiger partial charge in [0, 0.05) is 18.7 Å². The number of ether oxygens (including phenoxy) is 1. The van der Waals surface area contributed by atoms with Gasteiger partial charge in [0.1, 0.15) is 5.82 Å². The maximum absolute atomic E-state index is 13.1. The summed E-state index contributed by atoms with van der Waals surface area (Å²) in [6, 6.07) is 2.31. The van der Waals surface area contributed by atoms with Crippen LogP contribution in [0.4, 0.5) is 17.6 Å². The minimum absolute atomic E-state index is 0.172. The highest BCUT2D eigenvalue weighted by Gasteiger charge is 2.37. The van der Waals surface area contributed by atoms with Crippen LogP contribution in [-0.4, -0.2) is 29.4 Å². The minimum atomic E-state index is -4.73. The molecule has 9 heteroatoms. The van der Waals surface area contributed by atoms with E-state index in [1.165, 1.54) is 0 Å². The summed E-state index contributed by atoms with van der Waals surface area (Å²) in [5, 5.41) is 3.60. The first-order valence-corrected chi connectivity index (χ1v) is 6.92. The zero-order valence-corrected chi connectivity index (χ0v) is 11.8. The summed E-state index contributed by atoms with van der Waals surface area (Å²) in [5.41, 5.74) is 4.09. The monoisotopic (exact) mass is 331 g/mol. The van der Waals surface area contributed by atoms with Crippen LogP contribution < -0.4 is 5.73 Å². The minimum Gasteiger partial charge on any atom is -0.376 e. The molecule has 0 saturated carbocycles. The third-order valence-corrected chi connectivity index (χ3v) is 3.73. The molecule has 23 heavy (non-hydrogen) atoms. The molecule has 0 amide bonds. The Morgan fingerprint density at radius 2 is 2.09 bits per heavy atom. The van der Waals surface area contributed by atoms with Crippen LogP contribution in [0.2, 0.25) is 0 Å². The summed E-state index contributed by atoms with van der Waals surface area (Å²) in [4.78, 5) is 4.03. The molecule has 0 bridgehead atoms. The molecule has 2 N–H and O–H groups in total. The van der Waals surface area contributed by atoms with Gasteiger partial charge in [-0.15, -0.1) is 0 Å². The number of nitrogens with two attached hydrogens (primary N) is 1. The molecule has 1 fully saturated rings. The molecule has 3 rings (SSSR count). The molecule has 2 heterocycles. The number of hydrogen-bond donors (Lipinski definition) is 1. The van der Waals surface area contributed by atoms with Gasteiger partial charge in [0.15, 0.2) is 0 Å². The Hall–Kier alpha value is -2.00. The molecule has 2 atom stereocenters. The molecule has 1 aliphatic rings. The second kappa shape index (κ2) is 5.89. The Morgan fingerprint density at radius 3 is 2.78 bits per heavy atom. The highest BCUT2D eigenvalue weighted by atomic mass is 19.4. The fourth-order valence-electron chi connectivity index (χ4n) is 2.60. The van der Waals surface area contributed by atoms with E-state index in [9.17, 15) is 17.6 Å². The van der Waals surface area contributed by atoms with Crippen molar-refractivity contribution in [3.63, 3.8) is 0 Å². The van der Waals surface area contributed by atoms with Gasteiger partial charge in [-0.2, -0.15) is 18.2 Å². The Balaban J connectivity index is 1.98. The van der Waals surface area contributed by atoms with E-state index in [-0.39, 0.29) is 35.8 Å². The molecule has 1 saturated heterocycles. The summed E-state index contributed by atoms with van der Waals surface area (Å²) < 4.78 is 62.8. The molecular weight excluding hydrogens is 318 g/mol. The molecule has 1 aromatic carbocycles. The van der Waals surface area contributed by atoms with E-state index in [0.29, 0.717) is 19.1 Å². The number of halogens is 4. The number of alkyl halides is 3. The number of rotatable bonds is 3. The fourth-order valence-corrected chi connectivity index (χ4v) is 2.60. The number of nitrogens with zero attached hydrogens (tertiary/aromatic N) is 2. The van der Waals surface area contributed by atoms with Crippen molar-refractivity contribution in [2.24, 2.45) is 5.73 Å².